The fraction of sp³-hybridized carbons (Fsp3) is 0. The van der Waals surface area contributed by atoms with Gasteiger partial charge in [-0.2, -0.15) is 0 Å². The SMILES string of the molecule is c1ccc(-c2nc3cc4c(cc3o2)oc2cc(-c3ccc(N(c5ccc(-c6cccc7ccccc67)cc5)c5cccc6c5sc5ccccc56)cc3)ccc24)cc1. The Morgan fingerprint density at radius 1 is 0.414 bits per heavy atom. The van der Waals surface area contributed by atoms with E-state index >= 15 is 0 Å². The molecule has 0 radical (unpaired) electrons. The van der Waals surface area contributed by atoms with Crippen LogP contribution in [0, 0.1) is 0 Å². The van der Waals surface area contributed by atoms with Crippen molar-refractivity contribution in [3.63, 3.8) is 0 Å². The van der Waals surface area contributed by atoms with Crippen LogP contribution in [0.2, 0.25) is 0 Å². The standard InChI is InChI=1S/C53H32N2O2S/c1-2-11-36(12-3-1)53-54-46-31-45-42-29-24-37(30-48(42)56-49(45)32-50(46)57-53)33-20-25-38(26-21-33)55(47-18-9-17-44-43-15-6-7-19-51(43)58-52(44)47)39-27-22-35(23-28-39)41-16-8-13-34-10-4-5-14-40(34)41/h1-32H. The van der Waals surface area contributed by atoms with Crippen molar-refractivity contribution >= 4 is 92.4 Å². The van der Waals surface area contributed by atoms with Gasteiger partial charge >= 0.3 is 0 Å². The van der Waals surface area contributed by atoms with Gasteiger partial charge in [-0.05, 0) is 99.8 Å². The van der Waals surface area contributed by atoms with Gasteiger partial charge in [-0.15, -0.1) is 11.3 Å². The maximum atomic E-state index is 6.45. The Morgan fingerprint density at radius 3 is 1.93 bits per heavy atom. The average Bonchev–Trinajstić information content (AvgIpc) is 3.99. The van der Waals surface area contributed by atoms with Gasteiger partial charge in [0.05, 0.1) is 10.4 Å². The third kappa shape index (κ3) is 5.32. The van der Waals surface area contributed by atoms with Crippen LogP contribution in [0.5, 0.6) is 0 Å². The van der Waals surface area contributed by atoms with Gasteiger partial charge in [0, 0.05) is 49.2 Å². The van der Waals surface area contributed by atoms with Crippen LogP contribution in [0.1, 0.15) is 0 Å². The van der Waals surface area contributed by atoms with Gasteiger partial charge in [0.15, 0.2) is 5.58 Å². The highest BCUT2D eigenvalue weighted by atomic mass is 32.1. The number of nitrogens with zero attached hydrogens (tertiary/aromatic N) is 2. The fourth-order valence-corrected chi connectivity index (χ4v) is 9.69. The second-order valence-corrected chi connectivity index (χ2v) is 15.8. The van der Waals surface area contributed by atoms with E-state index in [1.165, 1.54) is 42.1 Å². The zero-order chi connectivity index (χ0) is 38.2. The lowest BCUT2D eigenvalue weighted by Gasteiger charge is -2.26. The first-order valence-electron chi connectivity index (χ1n) is 19.4. The van der Waals surface area contributed by atoms with Gasteiger partial charge in [0.25, 0.3) is 0 Å². The van der Waals surface area contributed by atoms with Gasteiger partial charge in [0.2, 0.25) is 5.89 Å². The lowest BCUT2D eigenvalue weighted by molar-refractivity contribution is 0.617. The highest BCUT2D eigenvalue weighted by Crippen LogP contribution is 2.46. The average molecular weight is 761 g/mol. The minimum atomic E-state index is 0.607. The normalized spacial score (nSPS) is 11.8. The number of hydrogen-bond acceptors (Lipinski definition) is 5. The zero-order valence-corrected chi connectivity index (χ0v) is 31.9. The molecule has 0 unspecified atom stereocenters. The Balaban J connectivity index is 0.933. The molecule has 0 aliphatic heterocycles. The largest absolute Gasteiger partial charge is 0.456 e. The Hall–Kier alpha value is -7.47. The van der Waals surface area contributed by atoms with Crippen LogP contribution in [0.4, 0.5) is 17.1 Å². The molecule has 0 aliphatic rings. The van der Waals surface area contributed by atoms with Crippen molar-refractivity contribution in [1.29, 1.82) is 0 Å². The second-order valence-electron chi connectivity index (χ2n) is 14.7. The lowest BCUT2D eigenvalue weighted by atomic mass is 9.98. The monoisotopic (exact) mass is 760 g/mol. The molecule has 272 valence electrons. The molecular formula is C53H32N2O2S. The predicted molar refractivity (Wildman–Crippen MR) is 243 cm³/mol. The molecule has 0 amide bonds. The van der Waals surface area contributed by atoms with E-state index in [0.717, 1.165) is 61.2 Å². The van der Waals surface area contributed by atoms with Crippen molar-refractivity contribution < 1.29 is 8.83 Å². The quantitative estimate of drug-likeness (QED) is 0.169. The summed E-state index contributed by atoms with van der Waals surface area (Å²) in [4.78, 5) is 7.19. The van der Waals surface area contributed by atoms with Crippen LogP contribution >= 0.6 is 11.3 Å². The lowest BCUT2D eigenvalue weighted by Crippen LogP contribution is -2.10. The number of oxazole rings is 1. The number of benzene rings is 9. The smallest absolute Gasteiger partial charge is 0.227 e. The van der Waals surface area contributed by atoms with Crippen LogP contribution in [-0.2, 0) is 0 Å². The van der Waals surface area contributed by atoms with E-state index in [9.17, 15) is 0 Å². The summed E-state index contributed by atoms with van der Waals surface area (Å²) in [6.45, 7) is 0. The maximum Gasteiger partial charge on any atom is 0.227 e. The maximum absolute atomic E-state index is 6.45. The van der Waals surface area contributed by atoms with Crippen LogP contribution in [0.25, 0.3) is 97.7 Å². The van der Waals surface area contributed by atoms with Crippen LogP contribution in [0.3, 0.4) is 0 Å². The number of aromatic nitrogens is 1. The summed E-state index contributed by atoms with van der Waals surface area (Å²) in [7, 11) is 0. The molecule has 12 aromatic rings. The summed E-state index contributed by atoms with van der Waals surface area (Å²) in [5.74, 6) is 0.607. The third-order valence-electron chi connectivity index (χ3n) is 11.3. The van der Waals surface area contributed by atoms with Gasteiger partial charge in [-0.25, -0.2) is 4.98 Å². The minimum Gasteiger partial charge on any atom is -0.456 e. The highest BCUT2D eigenvalue weighted by molar-refractivity contribution is 7.26. The van der Waals surface area contributed by atoms with Crippen LogP contribution < -0.4 is 4.90 Å². The molecule has 0 bridgehead atoms. The summed E-state index contributed by atoms with van der Waals surface area (Å²) < 4.78 is 15.2. The fourth-order valence-electron chi connectivity index (χ4n) is 8.49. The molecule has 0 aliphatic carbocycles. The molecule has 3 heterocycles. The molecule has 0 fully saturated rings. The van der Waals surface area contributed by atoms with E-state index in [2.05, 4.69) is 163 Å². The first-order valence-corrected chi connectivity index (χ1v) is 20.2. The van der Waals surface area contributed by atoms with Crippen molar-refractivity contribution in [2.75, 3.05) is 4.90 Å². The summed E-state index contributed by atoms with van der Waals surface area (Å²) in [5, 5.41) is 7.13. The Kier molecular flexibility index (Phi) is 7.37. The number of thiophene rings is 1. The first kappa shape index (κ1) is 32.7. The molecule has 3 aromatic heterocycles. The Bertz CT molecular complexity index is 3500. The van der Waals surface area contributed by atoms with E-state index in [-0.39, 0.29) is 0 Å². The molecule has 0 N–H and O–H groups in total. The van der Waals surface area contributed by atoms with E-state index < -0.39 is 0 Å². The molecule has 12 rings (SSSR count). The van der Waals surface area contributed by atoms with Crippen LogP contribution in [0.15, 0.2) is 203 Å². The van der Waals surface area contributed by atoms with Gasteiger partial charge in [0.1, 0.15) is 16.7 Å². The number of rotatable bonds is 6. The topological polar surface area (TPSA) is 42.4 Å². The Labute approximate surface area is 337 Å². The molecule has 9 aromatic carbocycles. The number of furan rings is 1. The van der Waals surface area contributed by atoms with Crippen molar-refractivity contribution in [1.82, 2.24) is 4.98 Å². The predicted octanol–water partition coefficient (Wildman–Crippen LogP) is 15.7. The molecule has 0 saturated heterocycles. The third-order valence-corrected chi connectivity index (χ3v) is 12.5. The zero-order valence-electron chi connectivity index (χ0n) is 31.1. The van der Waals surface area contributed by atoms with Crippen molar-refractivity contribution in [2.24, 2.45) is 0 Å². The van der Waals surface area contributed by atoms with Crippen LogP contribution in [-0.4, -0.2) is 4.98 Å². The molecular weight excluding hydrogens is 729 g/mol. The van der Waals surface area contributed by atoms with Gasteiger partial charge < -0.3 is 13.7 Å². The van der Waals surface area contributed by atoms with E-state index in [1.54, 1.807) is 0 Å². The van der Waals surface area contributed by atoms with E-state index in [0.29, 0.717) is 11.5 Å². The minimum absolute atomic E-state index is 0.607. The molecule has 0 saturated carbocycles. The van der Waals surface area contributed by atoms with Gasteiger partial charge in [-0.1, -0.05) is 121 Å². The number of hydrogen-bond donors (Lipinski definition) is 0. The summed E-state index contributed by atoms with van der Waals surface area (Å²) in [6, 6.07) is 68.9. The molecule has 0 atom stereocenters. The second kappa shape index (κ2) is 13.1. The van der Waals surface area contributed by atoms with Crippen molar-refractivity contribution in [3.8, 4) is 33.7 Å². The van der Waals surface area contributed by atoms with E-state index in [4.69, 9.17) is 13.8 Å². The Morgan fingerprint density at radius 2 is 1.09 bits per heavy atom. The summed E-state index contributed by atoms with van der Waals surface area (Å²) in [5.41, 5.74) is 12.0. The summed E-state index contributed by atoms with van der Waals surface area (Å²) >= 11 is 1.85. The number of fused-ring (bicyclic) bond motifs is 8. The number of anilines is 3. The van der Waals surface area contributed by atoms with Crippen molar-refractivity contribution in [2.45, 2.75) is 0 Å². The first-order chi connectivity index (χ1) is 28.7. The van der Waals surface area contributed by atoms with Gasteiger partial charge in [-0.3, -0.25) is 0 Å². The highest BCUT2D eigenvalue weighted by Gasteiger charge is 2.19. The van der Waals surface area contributed by atoms with E-state index in [1.807, 2.05) is 47.7 Å². The molecule has 4 nitrogen and oxygen atoms in total. The summed E-state index contributed by atoms with van der Waals surface area (Å²) in [6.07, 6.45) is 0. The molecule has 58 heavy (non-hydrogen) atoms. The molecule has 5 heteroatoms. The van der Waals surface area contributed by atoms with Crippen molar-refractivity contribution in [3.05, 3.63) is 194 Å². The molecule has 0 spiro atoms.